The molecule has 0 fully saturated rings. The maximum Gasteiger partial charge on any atom is 0.0715 e. The Morgan fingerprint density at radius 3 is 2.10 bits per heavy atom. The van der Waals surface area contributed by atoms with Crippen molar-refractivity contribution in [1.29, 1.82) is 0 Å². The minimum atomic E-state index is 0.741. The van der Waals surface area contributed by atoms with Gasteiger partial charge in [0.25, 0.3) is 0 Å². The molecule has 3 heterocycles. The minimum Gasteiger partial charge on any atom is -0.309 e. The van der Waals surface area contributed by atoms with Gasteiger partial charge in [-0.1, -0.05) is 140 Å². The summed E-state index contributed by atoms with van der Waals surface area (Å²) >= 11 is 0. The first-order valence-electron chi connectivity index (χ1n) is 20.3. The molecule has 0 atom stereocenters. The fraction of sp³-hybridized carbons (Fsp3) is 0.0727. The van der Waals surface area contributed by atoms with E-state index in [1.165, 1.54) is 54.6 Å². The normalized spacial score (nSPS) is 12.9. The Bertz CT molecular complexity index is 3090. The molecule has 0 saturated carbocycles. The lowest BCUT2D eigenvalue weighted by atomic mass is 9.98. The molecular weight excluding hydrogens is 717 g/mol. The van der Waals surface area contributed by atoms with E-state index in [1.807, 2.05) is 57.2 Å². The number of anilines is 2. The number of nitrogens with one attached hydrogen (secondary N) is 1. The average molecular weight is 763 g/mol. The highest BCUT2D eigenvalue weighted by Gasteiger charge is 2.26. The quantitative estimate of drug-likeness (QED) is 0.0997. The monoisotopic (exact) mass is 762 g/mol. The van der Waals surface area contributed by atoms with E-state index in [2.05, 4.69) is 179 Å². The smallest absolute Gasteiger partial charge is 0.0715 e. The minimum absolute atomic E-state index is 0.741. The van der Waals surface area contributed by atoms with E-state index in [-0.39, 0.29) is 0 Å². The fourth-order valence-electron chi connectivity index (χ4n) is 8.35. The zero-order valence-corrected chi connectivity index (χ0v) is 33.7. The van der Waals surface area contributed by atoms with Crippen LogP contribution < -0.4 is 10.4 Å². The molecule has 9 aromatic rings. The van der Waals surface area contributed by atoms with Crippen molar-refractivity contribution in [1.82, 2.24) is 15.0 Å². The fourth-order valence-corrected chi connectivity index (χ4v) is 8.35. The number of para-hydroxylation sites is 1. The van der Waals surface area contributed by atoms with Crippen LogP contribution in [0.5, 0.6) is 0 Å². The van der Waals surface area contributed by atoms with E-state index < -0.39 is 0 Å². The number of fused-ring (bicyclic) bond motifs is 8. The van der Waals surface area contributed by atoms with Gasteiger partial charge in [0.2, 0.25) is 0 Å². The molecule has 4 heteroatoms. The van der Waals surface area contributed by atoms with Crippen molar-refractivity contribution >= 4 is 60.3 Å². The van der Waals surface area contributed by atoms with Gasteiger partial charge in [0, 0.05) is 34.1 Å². The third kappa shape index (κ3) is 6.94. The second-order valence-electron chi connectivity index (χ2n) is 14.7. The Kier molecular flexibility index (Phi) is 10.3. The van der Waals surface area contributed by atoms with Gasteiger partial charge in [0.05, 0.1) is 33.8 Å². The summed E-state index contributed by atoms with van der Waals surface area (Å²) in [5, 5.41) is 9.75. The molecule has 0 aliphatic carbocycles. The molecule has 1 aliphatic rings. The van der Waals surface area contributed by atoms with Gasteiger partial charge in [0.1, 0.15) is 0 Å². The third-order valence-corrected chi connectivity index (χ3v) is 11.2. The number of rotatable bonds is 7. The summed E-state index contributed by atoms with van der Waals surface area (Å²) in [7, 11) is 0. The van der Waals surface area contributed by atoms with Crippen molar-refractivity contribution in [2.45, 2.75) is 27.3 Å². The molecule has 0 unspecified atom stereocenters. The van der Waals surface area contributed by atoms with Gasteiger partial charge >= 0.3 is 0 Å². The van der Waals surface area contributed by atoms with Gasteiger partial charge in [-0.2, -0.15) is 0 Å². The highest BCUT2D eigenvalue weighted by atomic mass is 15.5. The summed E-state index contributed by atoms with van der Waals surface area (Å²) in [5.74, 6) is 0. The van der Waals surface area contributed by atoms with Crippen molar-refractivity contribution in [2.75, 3.05) is 5.01 Å². The molecule has 0 spiro atoms. The standard InChI is InChI=1S/C51H38N4.C4H8/c1-3-14-35(15-4-2)46-30-39(31-47(53-46)36-17-7-5-8-18-36)37-19-13-22-41(28-37)54-49-27-26-48-45(33-52-55(48)40-20-9-6-10-21-40)51(49)44-29-38-25-24-34-16-11-12-23-42(34)43(38)32-50(44)54;1-3-4-2/h3-32,52H,1,33H2,2H3;3-4H,1-2H3/b15-4-,35-14+;4-3-. The molecule has 0 bridgehead atoms. The summed E-state index contributed by atoms with van der Waals surface area (Å²) < 4.78 is 2.46. The SMILES string of the molecule is C/C=C\C.C=C/C=C(\C=C/C)c1cc(-c2cccc(-n3c4cc5c(ccc6ccccc65)cc4c4c5c(ccc43)N(c3ccccc3)NC5)c2)cc(-c2ccccc2)n1. The van der Waals surface area contributed by atoms with Crippen LogP contribution in [0.15, 0.2) is 201 Å². The van der Waals surface area contributed by atoms with Crippen LogP contribution in [0.3, 0.4) is 0 Å². The van der Waals surface area contributed by atoms with E-state index in [0.717, 1.165) is 51.6 Å². The zero-order chi connectivity index (χ0) is 40.3. The third-order valence-electron chi connectivity index (χ3n) is 11.2. The molecule has 2 aromatic heterocycles. The van der Waals surface area contributed by atoms with Crippen LogP contribution in [0.25, 0.3) is 77.0 Å². The Balaban J connectivity index is 0.00000108. The predicted octanol–water partition coefficient (Wildman–Crippen LogP) is 14.7. The number of hydrogen-bond donors (Lipinski definition) is 1. The van der Waals surface area contributed by atoms with Gasteiger partial charge < -0.3 is 4.57 Å². The Labute approximate surface area is 346 Å². The summed E-state index contributed by atoms with van der Waals surface area (Å²) in [5.41, 5.74) is 16.9. The van der Waals surface area contributed by atoms with Crippen molar-refractivity contribution < 1.29 is 0 Å². The van der Waals surface area contributed by atoms with Gasteiger partial charge in [-0.25, -0.2) is 10.4 Å². The van der Waals surface area contributed by atoms with Crippen LogP contribution in [-0.4, -0.2) is 9.55 Å². The molecule has 1 aliphatic heterocycles. The van der Waals surface area contributed by atoms with Crippen LogP contribution in [0.2, 0.25) is 0 Å². The number of benzene rings is 7. The Morgan fingerprint density at radius 1 is 0.593 bits per heavy atom. The Morgan fingerprint density at radius 2 is 1.32 bits per heavy atom. The summed E-state index contributed by atoms with van der Waals surface area (Å²) in [4.78, 5) is 5.15. The maximum absolute atomic E-state index is 5.15. The average Bonchev–Trinajstić information content (AvgIpc) is 3.88. The molecule has 59 heavy (non-hydrogen) atoms. The molecule has 286 valence electrons. The van der Waals surface area contributed by atoms with E-state index in [4.69, 9.17) is 4.98 Å². The zero-order valence-electron chi connectivity index (χ0n) is 33.7. The van der Waals surface area contributed by atoms with Crippen molar-refractivity contribution in [2.24, 2.45) is 0 Å². The number of aromatic nitrogens is 2. The number of pyridine rings is 1. The number of nitrogens with zero attached hydrogens (tertiary/aromatic N) is 3. The van der Waals surface area contributed by atoms with Gasteiger partial charge in [-0.05, 0) is 120 Å². The summed E-state index contributed by atoms with van der Waals surface area (Å²) in [6, 6.07) is 56.9. The first-order valence-corrected chi connectivity index (χ1v) is 20.3. The highest BCUT2D eigenvalue weighted by molar-refractivity contribution is 6.19. The van der Waals surface area contributed by atoms with Crippen molar-refractivity contribution in [3.63, 3.8) is 0 Å². The van der Waals surface area contributed by atoms with Crippen LogP contribution in [0.4, 0.5) is 11.4 Å². The molecule has 7 aromatic carbocycles. The lowest BCUT2D eigenvalue weighted by molar-refractivity contribution is 0.767. The van der Waals surface area contributed by atoms with Crippen LogP contribution in [0, 0.1) is 0 Å². The van der Waals surface area contributed by atoms with Crippen molar-refractivity contribution in [3.8, 4) is 28.1 Å². The van der Waals surface area contributed by atoms with Gasteiger partial charge in [0.15, 0.2) is 0 Å². The molecule has 0 radical (unpaired) electrons. The van der Waals surface area contributed by atoms with Crippen molar-refractivity contribution in [3.05, 3.63) is 212 Å². The molecular formula is C55H46N4. The molecule has 0 saturated heterocycles. The van der Waals surface area contributed by atoms with Gasteiger partial charge in [-0.15, -0.1) is 0 Å². The highest BCUT2D eigenvalue weighted by Crippen LogP contribution is 2.44. The largest absolute Gasteiger partial charge is 0.309 e. The maximum atomic E-state index is 5.15. The first-order chi connectivity index (χ1) is 29.1. The second kappa shape index (κ2) is 16.3. The van der Waals surface area contributed by atoms with Gasteiger partial charge in [-0.3, -0.25) is 5.01 Å². The van der Waals surface area contributed by atoms with Crippen LogP contribution in [-0.2, 0) is 6.54 Å². The molecule has 0 amide bonds. The summed E-state index contributed by atoms with van der Waals surface area (Å²) in [6.45, 7) is 10.8. The number of hydrazine groups is 1. The predicted molar refractivity (Wildman–Crippen MR) is 253 cm³/mol. The second-order valence-corrected chi connectivity index (χ2v) is 14.7. The molecule has 1 N–H and O–H groups in total. The lowest BCUT2D eigenvalue weighted by Gasteiger charge is -2.19. The van der Waals surface area contributed by atoms with Crippen LogP contribution >= 0.6 is 0 Å². The van der Waals surface area contributed by atoms with E-state index in [9.17, 15) is 0 Å². The Hall–Kier alpha value is -7.27. The van der Waals surface area contributed by atoms with E-state index in [0.29, 0.717) is 0 Å². The number of hydrogen-bond acceptors (Lipinski definition) is 3. The summed E-state index contributed by atoms with van der Waals surface area (Å²) in [6.07, 6.45) is 12.0. The lowest BCUT2D eigenvalue weighted by Crippen LogP contribution is -2.26. The van der Waals surface area contributed by atoms with Crippen LogP contribution in [0.1, 0.15) is 32.0 Å². The first kappa shape index (κ1) is 37.3. The molecule has 10 rings (SSSR count). The van der Waals surface area contributed by atoms with E-state index >= 15 is 0 Å². The topological polar surface area (TPSA) is 33.1 Å². The van der Waals surface area contributed by atoms with E-state index in [1.54, 1.807) is 0 Å². The molecule has 4 nitrogen and oxygen atoms in total. The number of allylic oxidation sites excluding steroid dienone is 7.